The molecule has 0 radical (unpaired) electrons. The normalized spacial score (nSPS) is 10.3. The number of carboxylic acids is 1. The molecule has 0 aliphatic rings. The number of rotatable bonds is 3. The zero-order valence-electron chi connectivity index (χ0n) is 10.4. The largest absolute Gasteiger partial charge is 0.508 e. The molecule has 0 saturated carbocycles. The molecule has 17 heavy (non-hydrogen) atoms. The Kier molecular flexibility index (Phi) is 7.29. The molecule has 0 amide bonds. The van der Waals surface area contributed by atoms with Crippen molar-refractivity contribution in [3.63, 3.8) is 0 Å². The second-order valence-corrected chi connectivity index (χ2v) is 3.14. The van der Waals surface area contributed by atoms with Gasteiger partial charge in [-0.2, -0.15) is 0 Å². The molecule has 0 heterocycles. The lowest BCUT2D eigenvalue weighted by Gasteiger charge is -2.08. The second kappa shape index (κ2) is 8.23. The Morgan fingerprint density at radius 3 is 2.24 bits per heavy atom. The molecule has 1 atom stereocenters. The molecule has 1 unspecified atom stereocenters. The van der Waals surface area contributed by atoms with Crippen LogP contribution in [0.1, 0.15) is 38.7 Å². The van der Waals surface area contributed by atoms with Crippen LogP contribution in [-0.4, -0.2) is 16.2 Å². The van der Waals surface area contributed by atoms with Gasteiger partial charge in [-0.25, -0.2) is 0 Å². The molecule has 1 rings (SSSR count). The Morgan fingerprint density at radius 2 is 1.82 bits per heavy atom. The van der Waals surface area contributed by atoms with Crippen molar-refractivity contribution >= 4 is 5.97 Å². The highest BCUT2D eigenvalue weighted by atomic mass is 16.4. The molecular formula is C14H18O3. The van der Waals surface area contributed by atoms with Crippen molar-refractivity contribution in [3.8, 4) is 17.6 Å². The highest BCUT2D eigenvalue weighted by Gasteiger charge is 2.12. The van der Waals surface area contributed by atoms with E-state index in [1.807, 2.05) is 13.8 Å². The first-order valence-corrected chi connectivity index (χ1v) is 5.56. The molecule has 2 N–H and O–H groups in total. The van der Waals surface area contributed by atoms with Gasteiger partial charge in [-0.3, -0.25) is 4.79 Å². The molecule has 0 saturated heterocycles. The third kappa shape index (κ3) is 5.62. The maximum atomic E-state index is 10.6. The van der Waals surface area contributed by atoms with Gasteiger partial charge in [0.2, 0.25) is 0 Å². The number of phenols is 1. The van der Waals surface area contributed by atoms with Crippen molar-refractivity contribution in [1.82, 2.24) is 0 Å². The van der Waals surface area contributed by atoms with Crippen LogP contribution in [-0.2, 0) is 4.79 Å². The molecule has 0 aliphatic carbocycles. The zero-order chi connectivity index (χ0) is 13.3. The van der Waals surface area contributed by atoms with Gasteiger partial charge in [0.25, 0.3) is 0 Å². The molecule has 0 bridgehead atoms. The number of aromatic hydroxyl groups is 1. The Morgan fingerprint density at radius 1 is 1.29 bits per heavy atom. The molecule has 1 aromatic rings. The monoisotopic (exact) mass is 234 g/mol. The average Bonchev–Trinajstić information content (AvgIpc) is 2.31. The fraction of sp³-hybridized carbons (Fsp3) is 0.357. The molecule has 3 nitrogen and oxygen atoms in total. The van der Waals surface area contributed by atoms with Gasteiger partial charge < -0.3 is 10.2 Å². The lowest BCUT2D eigenvalue weighted by Crippen LogP contribution is -2.04. The van der Waals surface area contributed by atoms with E-state index in [4.69, 9.17) is 10.2 Å². The predicted octanol–water partition coefficient (Wildman–Crippen LogP) is 3.00. The standard InChI is InChI=1S/C12H12O3.C2H6/c1-2-3-10(8-12(14)15)9-4-6-11(13)7-5-9;1-2/h4-7,10,13H,8H2,1H3,(H,14,15);1-2H3. The van der Waals surface area contributed by atoms with Gasteiger partial charge >= 0.3 is 5.97 Å². The summed E-state index contributed by atoms with van der Waals surface area (Å²) in [5, 5.41) is 17.8. The number of carboxylic acid groups (broad SMARTS) is 1. The van der Waals surface area contributed by atoms with Crippen molar-refractivity contribution in [3.05, 3.63) is 29.8 Å². The number of benzene rings is 1. The first-order chi connectivity index (χ1) is 8.13. The van der Waals surface area contributed by atoms with Crippen molar-refractivity contribution in [2.75, 3.05) is 0 Å². The smallest absolute Gasteiger partial charge is 0.304 e. The van der Waals surface area contributed by atoms with E-state index in [-0.39, 0.29) is 18.1 Å². The van der Waals surface area contributed by atoms with Gasteiger partial charge in [0, 0.05) is 0 Å². The van der Waals surface area contributed by atoms with E-state index in [0.29, 0.717) is 0 Å². The van der Waals surface area contributed by atoms with Crippen LogP contribution in [0.3, 0.4) is 0 Å². The lowest BCUT2D eigenvalue weighted by molar-refractivity contribution is -0.137. The summed E-state index contributed by atoms with van der Waals surface area (Å²) in [5.41, 5.74) is 0.810. The lowest BCUT2D eigenvalue weighted by atomic mass is 9.96. The summed E-state index contributed by atoms with van der Waals surface area (Å²) < 4.78 is 0. The molecular weight excluding hydrogens is 216 g/mol. The van der Waals surface area contributed by atoms with E-state index in [1.54, 1.807) is 19.1 Å². The molecule has 0 spiro atoms. The van der Waals surface area contributed by atoms with Crippen molar-refractivity contribution in [2.24, 2.45) is 0 Å². The summed E-state index contributed by atoms with van der Waals surface area (Å²) in [6.07, 6.45) is -0.0222. The summed E-state index contributed by atoms with van der Waals surface area (Å²) in [7, 11) is 0. The minimum atomic E-state index is -0.879. The van der Waals surface area contributed by atoms with Crippen LogP contribution in [0.5, 0.6) is 5.75 Å². The Hall–Kier alpha value is -1.95. The van der Waals surface area contributed by atoms with Crippen LogP contribution in [0.25, 0.3) is 0 Å². The molecule has 0 aliphatic heterocycles. The molecule has 1 aromatic carbocycles. The predicted molar refractivity (Wildman–Crippen MR) is 67.9 cm³/mol. The van der Waals surface area contributed by atoms with Gasteiger partial charge in [0.15, 0.2) is 0 Å². The molecule has 0 aromatic heterocycles. The van der Waals surface area contributed by atoms with Crippen LogP contribution < -0.4 is 0 Å². The first-order valence-electron chi connectivity index (χ1n) is 5.56. The topological polar surface area (TPSA) is 57.5 Å². The minimum Gasteiger partial charge on any atom is -0.508 e. The highest BCUT2D eigenvalue weighted by Crippen LogP contribution is 2.21. The van der Waals surface area contributed by atoms with Crippen molar-refractivity contribution in [1.29, 1.82) is 0 Å². The van der Waals surface area contributed by atoms with Crippen LogP contribution in [0.2, 0.25) is 0 Å². The highest BCUT2D eigenvalue weighted by molar-refractivity contribution is 5.69. The van der Waals surface area contributed by atoms with Crippen LogP contribution in [0, 0.1) is 11.8 Å². The molecule has 0 fully saturated rings. The Balaban J connectivity index is 0.00000121. The van der Waals surface area contributed by atoms with Crippen molar-refractivity contribution < 1.29 is 15.0 Å². The van der Waals surface area contributed by atoms with E-state index in [9.17, 15) is 4.79 Å². The van der Waals surface area contributed by atoms with Crippen LogP contribution >= 0.6 is 0 Å². The number of hydrogen-bond donors (Lipinski definition) is 2. The van der Waals surface area contributed by atoms with E-state index in [0.717, 1.165) is 5.56 Å². The van der Waals surface area contributed by atoms with E-state index in [2.05, 4.69) is 11.8 Å². The Labute approximate surface area is 102 Å². The number of carbonyl (C=O) groups is 1. The van der Waals surface area contributed by atoms with E-state index in [1.165, 1.54) is 12.1 Å². The van der Waals surface area contributed by atoms with Gasteiger partial charge in [0.05, 0.1) is 12.3 Å². The minimum absolute atomic E-state index is 0.0222. The van der Waals surface area contributed by atoms with Crippen molar-refractivity contribution in [2.45, 2.75) is 33.1 Å². The summed E-state index contributed by atoms with van der Waals surface area (Å²) in [4.78, 5) is 10.6. The van der Waals surface area contributed by atoms with E-state index < -0.39 is 5.97 Å². The maximum absolute atomic E-state index is 10.6. The summed E-state index contributed by atoms with van der Waals surface area (Å²) in [5.74, 6) is 4.52. The number of phenolic OH excluding ortho intramolecular Hbond substituents is 1. The maximum Gasteiger partial charge on any atom is 0.304 e. The van der Waals surface area contributed by atoms with Gasteiger partial charge in [-0.15, -0.1) is 5.92 Å². The van der Waals surface area contributed by atoms with Gasteiger partial charge in [-0.1, -0.05) is 31.9 Å². The second-order valence-electron chi connectivity index (χ2n) is 3.14. The van der Waals surface area contributed by atoms with Gasteiger partial charge in [-0.05, 0) is 24.6 Å². The molecule has 92 valence electrons. The summed E-state index contributed by atoms with van der Waals surface area (Å²) in [6.45, 7) is 5.68. The SMILES string of the molecule is CC.CC#CC(CC(=O)O)c1ccc(O)cc1. The third-order valence-corrected chi connectivity index (χ3v) is 1.99. The van der Waals surface area contributed by atoms with Crippen LogP contribution in [0.15, 0.2) is 24.3 Å². The fourth-order valence-corrected chi connectivity index (χ4v) is 1.31. The van der Waals surface area contributed by atoms with Gasteiger partial charge in [0.1, 0.15) is 5.75 Å². The number of aliphatic carboxylic acids is 1. The Bertz CT molecular complexity index is 396. The third-order valence-electron chi connectivity index (χ3n) is 1.99. The zero-order valence-corrected chi connectivity index (χ0v) is 10.4. The van der Waals surface area contributed by atoms with E-state index >= 15 is 0 Å². The molecule has 3 heteroatoms. The quantitative estimate of drug-likeness (QED) is 0.790. The average molecular weight is 234 g/mol. The number of hydrogen-bond acceptors (Lipinski definition) is 2. The summed E-state index contributed by atoms with van der Waals surface area (Å²) >= 11 is 0. The summed E-state index contributed by atoms with van der Waals surface area (Å²) in [6, 6.07) is 6.43. The first kappa shape index (κ1) is 15.0. The fourth-order valence-electron chi connectivity index (χ4n) is 1.31. The van der Waals surface area contributed by atoms with Crippen LogP contribution in [0.4, 0.5) is 0 Å².